The predicted octanol–water partition coefficient (Wildman–Crippen LogP) is 9.00. The summed E-state index contributed by atoms with van der Waals surface area (Å²) in [5.74, 6) is -1.41. The second-order valence-corrected chi connectivity index (χ2v) is 10.6. The van der Waals surface area contributed by atoms with E-state index in [1.54, 1.807) is 24.5 Å². The van der Waals surface area contributed by atoms with Gasteiger partial charge < -0.3 is 9.47 Å². The van der Waals surface area contributed by atoms with Gasteiger partial charge in [-0.05, 0) is 89.1 Å². The summed E-state index contributed by atoms with van der Waals surface area (Å²) in [5.41, 5.74) is 1.74. The standard InChI is InChI=1S/C30H23F2NO3.C5H6O/c31-27-16-9-21(18-28(27)32)30(36-23-12-10-22(11-13-23)33(34)35)17-3-5-20-8-14-25-24-6-2-1-4-19(24)7-15-26(25)29(20)30;1-2-4-6-5-3-1/h1-2,4,6-16,18,20,29H,3,5,17H2;1-4H,5H2. The minimum atomic E-state index is -0.991. The summed E-state index contributed by atoms with van der Waals surface area (Å²) in [5, 5.41) is 13.4. The third kappa shape index (κ3) is 5.18. The molecule has 0 amide bonds. The van der Waals surface area contributed by atoms with Crippen molar-refractivity contribution in [3.05, 3.63) is 148 Å². The number of rotatable bonds is 4. The molecule has 7 heteroatoms. The lowest BCUT2D eigenvalue weighted by Crippen LogP contribution is -2.46. The van der Waals surface area contributed by atoms with Crippen molar-refractivity contribution < 1.29 is 23.2 Å². The van der Waals surface area contributed by atoms with Crippen LogP contribution < -0.4 is 4.74 Å². The molecule has 3 aliphatic rings. The van der Waals surface area contributed by atoms with Crippen LogP contribution in [-0.2, 0) is 10.3 Å². The van der Waals surface area contributed by atoms with Crippen LogP contribution in [0, 0.1) is 27.7 Å². The molecule has 5 nitrogen and oxygen atoms in total. The first-order valence-electron chi connectivity index (χ1n) is 14.0. The van der Waals surface area contributed by atoms with Gasteiger partial charge in [0.25, 0.3) is 5.69 Å². The number of non-ortho nitro benzene ring substituents is 1. The molecule has 212 valence electrons. The van der Waals surface area contributed by atoms with Gasteiger partial charge >= 0.3 is 0 Å². The molecule has 0 bridgehead atoms. The number of hydrogen-bond acceptors (Lipinski definition) is 4. The van der Waals surface area contributed by atoms with E-state index in [0.29, 0.717) is 17.7 Å². The quantitative estimate of drug-likeness (QED) is 0.183. The Kier molecular flexibility index (Phi) is 7.57. The highest BCUT2D eigenvalue weighted by molar-refractivity contribution is 5.93. The number of allylic oxidation sites excluding steroid dienone is 3. The van der Waals surface area contributed by atoms with Gasteiger partial charge in [-0.15, -0.1) is 0 Å². The molecule has 1 saturated carbocycles. The third-order valence-electron chi connectivity index (χ3n) is 8.24. The number of halogens is 2. The molecular formula is C35H29F2NO4. The lowest BCUT2D eigenvalue weighted by Gasteiger charge is -2.49. The number of nitro benzene ring substituents is 1. The fraction of sp³-hybridized carbons (Fsp3) is 0.200. The van der Waals surface area contributed by atoms with E-state index in [0.717, 1.165) is 47.4 Å². The van der Waals surface area contributed by atoms with Gasteiger partial charge in [0.05, 0.1) is 11.2 Å². The second kappa shape index (κ2) is 11.6. The van der Waals surface area contributed by atoms with E-state index in [1.807, 2.05) is 30.4 Å². The molecule has 0 radical (unpaired) electrons. The minimum Gasteiger partial charge on any atom is -0.497 e. The van der Waals surface area contributed by atoms with Gasteiger partial charge in [0, 0.05) is 18.1 Å². The van der Waals surface area contributed by atoms with Crippen LogP contribution in [0.1, 0.15) is 41.9 Å². The van der Waals surface area contributed by atoms with Crippen LogP contribution in [0.3, 0.4) is 0 Å². The Morgan fingerprint density at radius 2 is 1.79 bits per heavy atom. The first kappa shape index (κ1) is 27.4. The van der Waals surface area contributed by atoms with Crippen LogP contribution >= 0.6 is 0 Å². The van der Waals surface area contributed by atoms with E-state index in [9.17, 15) is 18.9 Å². The van der Waals surface area contributed by atoms with Crippen molar-refractivity contribution in [2.24, 2.45) is 5.92 Å². The SMILES string of the molecule is C1=CCOC=C1.O=[N+]([O-])c1ccc(OC2(c3ccc(F)c(F)c3)CCCC3C=Cc4c(ccc5ccccc45)C32)cc1. The summed E-state index contributed by atoms with van der Waals surface area (Å²) >= 11 is 0. The maximum Gasteiger partial charge on any atom is 0.269 e. The topological polar surface area (TPSA) is 61.6 Å². The zero-order chi connectivity index (χ0) is 29.1. The lowest BCUT2D eigenvalue weighted by molar-refractivity contribution is -0.384. The fourth-order valence-corrected chi connectivity index (χ4v) is 6.40. The zero-order valence-corrected chi connectivity index (χ0v) is 22.8. The Balaban J connectivity index is 0.000000470. The summed E-state index contributed by atoms with van der Waals surface area (Å²) in [6.45, 7) is 0.733. The Bertz CT molecular complexity index is 1700. The number of fused-ring (bicyclic) bond motifs is 5. The molecule has 1 heterocycles. The normalized spacial score (nSPS) is 21.9. The van der Waals surface area contributed by atoms with Gasteiger partial charge in [-0.1, -0.05) is 60.7 Å². The molecule has 1 aliphatic heterocycles. The third-order valence-corrected chi connectivity index (χ3v) is 8.24. The van der Waals surface area contributed by atoms with Crippen molar-refractivity contribution in [2.45, 2.75) is 30.8 Å². The van der Waals surface area contributed by atoms with Crippen LogP contribution in [0.5, 0.6) is 5.75 Å². The van der Waals surface area contributed by atoms with Crippen LogP contribution in [0.2, 0.25) is 0 Å². The zero-order valence-electron chi connectivity index (χ0n) is 22.8. The van der Waals surface area contributed by atoms with E-state index in [-0.39, 0.29) is 17.5 Å². The monoisotopic (exact) mass is 565 g/mol. The number of ether oxygens (including phenoxy) is 2. The summed E-state index contributed by atoms with van der Waals surface area (Å²) in [4.78, 5) is 10.7. The van der Waals surface area contributed by atoms with Crippen molar-refractivity contribution in [1.82, 2.24) is 0 Å². The summed E-state index contributed by atoms with van der Waals surface area (Å²) in [6.07, 6.45) is 14.2. The summed E-state index contributed by atoms with van der Waals surface area (Å²) in [6, 6.07) is 22.3. The highest BCUT2D eigenvalue weighted by Gasteiger charge is 2.51. The van der Waals surface area contributed by atoms with E-state index in [1.165, 1.54) is 18.2 Å². The molecule has 0 N–H and O–H groups in total. The molecule has 42 heavy (non-hydrogen) atoms. The van der Waals surface area contributed by atoms with Gasteiger partial charge in [-0.2, -0.15) is 0 Å². The molecule has 3 atom stereocenters. The predicted molar refractivity (Wildman–Crippen MR) is 159 cm³/mol. The van der Waals surface area contributed by atoms with Gasteiger partial charge in [0.2, 0.25) is 0 Å². The lowest BCUT2D eigenvalue weighted by atomic mass is 9.60. The van der Waals surface area contributed by atoms with Crippen molar-refractivity contribution in [3.63, 3.8) is 0 Å². The van der Waals surface area contributed by atoms with Crippen LogP contribution in [0.25, 0.3) is 16.8 Å². The Morgan fingerprint density at radius 3 is 2.48 bits per heavy atom. The Labute approximate surface area is 242 Å². The number of hydrogen-bond donors (Lipinski definition) is 0. The first-order valence-corrected chi connectivity index (χ1v) is 14.0. The first-order chi connectivity index (χ1) is 20.5. The largest absolute Gasteiger partial charge is 0.497 e. The van der Waals surface area contributed by atoms with E-state index in [2.05, 4.69) is 36.4 Å². The van der Waals surface area contributed by atoms with Crippen molar-refractivity contribution in [2.75, 3.05) is 6.61 Å². The van der Waals surface area contributed by atoms with Crippen LogP contribution in [0.15, 0.2) is 109 Å². The molecule has 4 aromatic rings. The summed E-state index contributed by atoms with van der Waals surface area (Å²) in [7, 11) is 0. The average molecular weight is 566 g/mol. The van der Waals surface area contributed by atoms with E-state index in [4.69, 9.17) is 9.47 Å². The fourth-order valence-electron chi connectivity index (χ4n) is 6.40. The van der Waals surface area contributed by atoms with E-state index < -0.39 is 22.2 Å². The maximum atomic E-state index is 14.6. The smallest absolute Gasteiger partial charge is 0.269 e. The van der Waals surface area contributed by atoms with Gasteiger partial charge in [-0.25, -0.2) is 8.78 Å². The number of nitro groups is 1. The highest BCUT2D eigenvalue weighted by Crippen LogP contribution is 2.56. The maximum absolute atomic E-state index is 14.6. The molecule has 0 aromatic heterocycles. The molecule has 4 aromatic carbocycles. The Hall–Kier alpha value is -4.78. The van der Waals surface area contributed by atoms with Gasteiger partial charge in [-0.3, -0.25) is 10.1 Å². The van der Waals surface area contributed by atoms with Crippen molar-refractivity contribution in [1.29, 1.82) is 0 Å². The molecule has 0 saturated heterocycles. The van der Waals surface area contributed by atoms with Gasteiger partial charge in [0.15, 0.2) is 11.6 Å². The molecule has 0 spiro atoms. The van der Waals surface area contributed by atoms with Gasteiger partial charge in [0.1, 0.15) is 18.0 Å². The molecule has 1 fully saturated rings. The molecule has 7 rings (SSSR count). The molecular weight excluding hydrogens is 536 g/mol. The average Bonchev–Trinajstić information content (AvgIpc) is 3.03. The van der Waals surface area contributed by atoms with Crippen molar-refractivity contribution >= 4 is 22.5 Å². The Morgan fingerprint density at radius 1 is 0.952 bits per heavy atom. The van der Waals surface area contributed by atoms with E-state index >= 15 is 0 Å². The molecule has 2 aliphatic carbocycles. The van der Waals surface area contributed by atoms with Crippen LogP contribution in [0.4, 0.5) is 14.5 Å². The van der Waals surface area contributed by atoms with Crippen LogP contribution in [-0.4, -0.2) is 11.5 Å². The summed E-state index contributed by atoms with van der Waals surface area (Å²) < 4.78 is 40.1. The number of benzene rings is 4. The second-order valence-electron chi connectivity index (χ2n) is 10.6. The highest BCUT2D eigenvalue weighted by atomic mass is 19.2. The minimum absolute atomic E-state index is 0.0387. The molecule has 3 unspecified atom stereocenters. The number of nitrogens with zero attached hydrogens (tertiary/aromatic N) is 1. The van der Waals surface area contributed by atoms with Crippen molar-refractivity contribution in [3.8, 4) is 5.75 Å².